The largest absolute Gasteiger partial charge is 0.480 e. The molecular formula is C12H13F3N2O3. The first-order valence-corrected chi connectivity index (χ1v) is 5.69. The molecule has 0 heterocycles. The highest BCUT2D eigenvalue weighted by atomic mass is 19.4. The van der Waals surface area contributed by atoms with Crippen molar-refractivity contribution < 1.29 is 27.9 Å². The predicted molar refractivity (Wildman–Crippen MR) is 65.3 cm³/mol. The number of amides is 2. The van der Waals surface area contributed by atoms with Crippen molar-refractivity contribution in [1.82, 2.24) is 4.90 Å². The molecule has 0 spiro atoms. The van der Waals surface area contributed by atoms with Crippen LogP contribution in [0, 0.1) is 0 Å². The van der Waals surface area contributed by atoms with Gasteiger partial charge in [-0.05, 0) is 19.1 Å². The van der Waals surface area contributed by atoms with E-state index in [1.807, 2.05) is 0 Å². The number of nitrogens with zero attached hydrogens (tertiary/aromatic N) is 1. The summed E-state index contributed by atoms with van der Waals surface area (Å²) >= 11 is 0. The van der Waals surface area contributed by atoms with Crippen LogP contribution in [0.25, 0.3) is 0 Å². The minimum atomic E-state index is -4.60. The number of rotatable bonds is 4. The Hall–Kier alpha value is -2.25. The first-order chi connectivity index (χ1) is 9.25. The second-order valence-corrected chi connectivity index (χ2v) is 3.88. The number of carboxylic acids is 1. The number of para-hydroxylation sites is 1. The van der Waals surface area contributed by atoms with Crippen LogP contribution in [0.5, 0.6) is 0 Å². The highest BCUT2D eigenvalue weighted by Crippen LogP contribution is 2.34. The van der Waals surface area contributed by atoms with E-state index in [0.717, 1.165) is 17.0 Å². The molecule has 0 atom stereocenters. The summed E-state index contributed by atoms with van der Waals surface area (Å²) in [6.45, 7) is 1.00. The standard InChI is InChI=1S/C12H13F3N2O3/c1-2-17(7-10(18)19)11(20)16-9-6-4-3-5-8(9)12(13,14)15/h3-6H,2,7H2,1H3,(H,16,20)(H,18,19). The molecule has 0 bridgehead atoms. The molecule has 5 nitrogen and oxygen atoms in total. The van der Waals surface area contributed by atoms with E-state index >= 15 is 0 Å². The fraction of sp³-hybridized carbons (Fsp3) is 0.333. The summed E-state index contributed by atoms with van der Waals surface area (Å²) in [5.74, 6) is -1.24. The summed E-state index contributed by atoms with van der Waals surface area (Å²) < 4.78 is 38.2. The van der Waals surface area contributed by atoms with Crippen LogP contribution >= 0.6 is 0 Å². The summed E-state index contributed by atoms with van der Waals surface area (Å²) in [4.78, 5) is 23.2. The van der Waals surface area contributed by atoms with Crippen LogP contribution in [-0.4, -0.2) is 35.1 Å². The van der Waals surface area contributed by atoms with Crippen LogP contribution in [0.4, 0.5) is 23.7 Å². The van der Waals surface area contributed by atoms with Gasteiger partial charge >= 0.3 is 18.2 Å². The van der Waals surface area contributed by atoms with Gasteiger partial charge in [0.15, 0.2) is 0 Å². The fourth-order valence-corrected chi connectivity index (χ4v) is 1.52. The quantitative estimate of drug-likeness (QED) is 0.895. The average Bonchev–Trinajstić information content (AvgIpc) is 2.34. The molecule has 0 unspecified atom stereocenters. The number of halogens is 3. The van der Waals surface area contributed by atoms with Gasteiger partial charge in [-0.15, -0.1) is 0 Å². The molecule has 0 aliphatic heterocycles. The SMILES string of the molecule is CCN(CC(=O)O)C(=O)Nc1ccccc1C(F)(F)F. The molecule has 0 radical (unpaired) electrons. The lowest BCUT2D eigenvalue weighted by Crippen LogP contribution is -2.38. The first-order valence-electron chi connectivity index (χ1n) is 5.69. The lowest BCUT2D eigenvalue weighted by Gasteiger charge is -2.20. The number of carboxylic acid groups (broad SMARTS) is 1. The zero-order chi connectivity index (χ0) is 15.3. The average molecular weight is 290 g/mol. The topological polar surface area (TPSA) is 69.6 Å². The number of benzene rings is 1. The van der Waals surface area contributed by atoms with E-state index in [0.29, 0.717) is 0 Å². The summed E-state index contributed by atoms with van der Waals surface area (Å²) in [6.07, 6.45) is -4.60. The van der Waals surface area contributed by atoms with E-state index in [1.165, 1.54) is 19.1 Å². The predicted octanol–water partition coefficient (Wildman–Crippen LogP) is 2.64. The third-order valence-electron chi connectivity index (χ3n) is 2.47. The Balaban J connectivity index is 2.93. The molecule has 110 valence electrons. The minimum absolute atomic E-state index is 0.0618. The third kappa shape index (κ3) is 4.15. The number of carbonyl (C=O) groups is 2. The first kappa shape index (κ1) is 15.8. The summed E-state index contributed by atoms with van der Waals surface area (Å²) in [5, 5.41) is 10.7. The second kappa shape index (κ2) is 6.27. The molecule has 1 aromatic rings. The number of alkyl halides is 3. The highest BCUT2D eigenvalue weighted by Gasteiger charge is 2.33. The van der Waals surface area contributed by atoms with Crippen molar-refractivity contribution in [2.75, 3.05) is 18.4 Å². The monoisotopic (exact) mass is 290 g/mol. The zero-order valence-electron chi connectivity index (χ0n) is 10.6. The van der Waals surface area contributed by atoms with E-state index in [1.54, 1.807) is 0 Å². The van der Waals surface area contributed by atoms with Gasteiger partial charge in [0.1, 0.15) is 6.54 Å². The Morgan fingerprint density at radius 3 is 2.40 bits per heavy atom. The molecule has 20 heavy (non-hydrogen) atoms. The Morgan fingerprint density at radius 1 is 1.30 bits per heavy atom. The number of likely N-dealkylation sites (N-methyl/N-ethyl adjacent to an activating group) is 1. The number of hydrogen-bond donors (Lipinski definition) is 2. The van der Waals surface area contributed by atoms with Gasteiger partial charge in [0.2, 0.25) is 0 Å². The molecule has 2 N–H and O–H groups in total. The molecule has 2 amide bonds. The smallest absolute Gasteiger partial charge is 0.418 e. The summed E-state index contributed by atoms with van der Waals surface area (Å²) in [5.41, 5.74) is -1.39. The van der Waals surface area contributed by atoms with Crippen LogP contribution in [0.15, 0.2) is 24.3 Å². The number of anilines is 1. The number of aliphatic carboxylic acids is 1. The lowest BCUT2D eigenvalue weighted by molar-refractivity contribution is -0.138. The number of hydrogen-bond acceptors (Lipinski definition) is 2. The maximum Gasteiger partial charge on any atom is 0.418 e. The van der Waals surface area contributed by atoms with Gasteiger partial charge in [-0.2, -0.15) is 13.2 Å². The third-order valence-corrected chi connectivity index (χ3v) is 2.47. The highest BCUT2D eigenvalue weighted by molar-refractivity contribution is 5.92. The Bertz CT molecular complexity index is 503. The van der Waals surface area contributed by atoms with Crippen molar-refractivity contribution in [3.63, 3.8) is 0 Å². The Labute approximate surface area is 113 Å². The van der Waals surface area contributed by atoms with Crippen LogP contribution in [0.1, 0.15) is 12.5 Å². The van der Waals surface area contributed by atoms with Gasteiger partial charge in [0, 0.05) is 6.54 Å². The van der Waals surface area contributed by atoms with Crippen LogP contribution in [0.2, 0.25) is 0 Å². The molecule has 0 aliphatic rings. The summed E-state index contributed by atoms with van der Waals surface area (Å²) in [6, 6.07) is 3.59. The molecule has 1 aromatic carbocycles. The van der Waals surface area contributed by atoms with E-state index in [2.05, 4.69) is 5.32 Å². The van der Waals surface area contributed by atoms with Crippen molar-refractivity contribution in [3.8, 4) is 0 Å². The normalized spacial score (nSPS) is 11.0. The van der Waals surface area contributed by atoms with Crippen molar-refractivity contribution in [2.24, 2.45) is 0 Å². The van der Waals surface area contributed by atoms with Gasteiger partial charge in [-0.1, -0.05) is 12.1 Å². The number of carbonyl (C=O) groups excluding carboxylic acids is 1. The Morgan fingerprint density at radius 2 is 1.90 bits per heavy atom. The maximum absolute atomic E-state index is 12.7. The van der Waals surface area contributed by atoms with Gasteiger partial charge < -0.3 is 15.3 Å². The molecule has 8 heteroatoms. The van der Waals surface area contributed by atoms with Gasteiger partial charge in [-0.25, -0.2) is 4.79 Å². The van der Waals surface area contributed by atoms with Gasteiger partial charge in [0.25, 0.3) is 0 Å². The molecular weight excluding hydrogens is 277 g/mol. The molecule has 0 saturated carbocycles. The van der Waals surface area contributed by atoms with E-state index in [9.17, 15) is 22.8 Å². The van der Waals surface area contributed by atoms with Crippen molar-refractivity contribution in [2.45, 2.75) is 13.1 Å². The molecule has 0 aliphatic carbocycles. The van der Waals surface area contributed by atoms with Gasteiger partial charge in [-0.3, -0.25) is 4.79 Å². The second-order valence-electron chi connectivity index (χ2n) is 3.88. The lowest BCUT2D eigenvalue weighted by atomic mass is 10.1. The maximum atomic E-state index is 12.7. The molecule has 0 fully saturated rings. The van der Waals surface area contributed by atoms with E-state index in [4.69, 9.17) is 5.11 Å². The molecule has 0 aromatic heterocycles. The minimum Gasteiger partial charge on any atom is -0.480 e. The number of nitrogens with one attached hydrogen (secondary N) is 1. The van der Waals surface area contributed by atoms with Gasteiger partial charge in [0.05, 0.1) is 11.3 Å². The zero-order valence-corrected chi connectivity index (χ0v) is 10.6. The van der Waals surface area contributed by atoms with Crippen molar-refractivity contribution in [1.29, 1.82) is 0 Å². The fourth-order valence-electron chi connectivity index (χ4n) is 1.52. The Kier molecular flexibility index (Phi) is 4.95. The van der Waals surface area contributed by atoms with E-state index < -0.39 is 36.0 Å². The van der Waals surface area contributed by atoms with Crippen LogP contribution < -0.4 is 5.32 Å². The van der Waals surface area contributed by atoms with Crippen LogP contribution in [-0.2, 0) is 11.0 Å². The summed E-state index contributed by atoms with van der Waals surface area (Å²) in [7, 11) is 0. The van der Waals surface area contributed by atoms with E-state index in [-0.39, 0.29) is 6.54 Å². The van der Waals surface area contributed by atoms with Crippen LogP contribution in [0.3, 0.4) is 0 Å². The molecule has 0 saturated heterocycles. The van der Waals surface area contributed by atoms with Crippen molar-refractivity contribution >= 4 is 17.7 Å². The molecule has 1 rings (SSSR count). The van der Waals surface area contributed by atoms with Crippen molar-refractivity contribution in [3.05, 3.63) is 29.8 Å². The number of urea groups is 1.